The lowest BCUT2D eigenvalue weighted by Gasteiger charge is -2.24. The first kappa shape index (κ1) is 24.2. The fourth-order valence-corrected chi connectivity index (χ4v) is 3.95. The molecule has 1 saturated heterocycles. The second-order valence-corrected chi connectivity index (χ2v) is 8.56. The second-order valence-electron chi connectivity index (χ2n) is 8.13. The summed E-state index contributed by atoms with van der Waals surface area (Å²) in [6, 6.07) is 13.4. The first-order chi connectivity index (χ1) is 16.9. The molecule has 2 N–H and O–H groups in total. The van der Waals surface area contributed by atoms with Crippen LogP contribution in [0.2, 0.25) is 5.02 Å². The lowest BCUT2D eigenvalue weighted by Crippen LogP contribution is -2.49. The predicted molar refractivity (Wildman–Crippen MR) is 132 cm³/mol. The summed E-state index contributed by atoms with van der Waals surface area (Å²) in [7, 11) is 0. The van der Waals surface area contributed by atoms with Gasteiger partial charge in [-0.3, -0.25) is 23.7 Å². The number of carbonyl (C=O) groups excluding carboxylic acids is 3. The zero-order valence-electron chi connectivity index (χ0n) is 18.8. The molecular formula is C25H24ClN5O4. The van der Waals surface area contributed by atoms with E-state index in [0.717, 1.165) is 12.8 Å². The van der Waals surface area contributed by atoms with Gasteiger partial charge >= 0.3 is 0 Å². The molecule has 1 aromatic carbocycles. The van der Waals surface area contributed by atoms with Crippen molar-refractivity contribution in [1.29, 1.82) is 0 Å². The molecule has 0 spiro atoms. The molecule has 1 atom stereocenters. The molecule has 2 aromatic heterocycles. The number of aromatic nitrogens is 2. The maximum atomic E-state index is 13.1. The molecule has 180 valence electrons. The van der Waals surface area contributed by atoms with E-state index in [9.17, 15) is 19.2 Å². The summed E-state index contributed by atoms with van der Waals surface area (Å²) in [5.41, 5.74) is 0.713. The Labute approximate surface area is 206 Å². The molecule has 3 aromatic rings. The molecule has 0 bridgehead atoms. The van der Waals surface area contributed by atoms with Crippen LogP contribution in [-0.2, 0) is 9.59 Å². The van der Waals surface area contributed by atoms with Crippen molar-refractivity contribution >= 4 is 35.1 Å². The van der Waals surface area contributed by atoms with Crippen LogP contribution in [0.1, 0.15) is 29.6 Å². The van der Waals surface area contributed by atoms with E-state index in [2.05, 4.69) is 15.6 Å². The smallest absolute Gasteiger partial charge is 0.255 e. The van der Waals surface area contributed by atoms with Crippen LogP contribution in [-0.4, -0.2) is 51.3 Å². The normalized spacial score (nSPS) is 13.8. The molecule has 4 rings (SSSR count). The molecule has 1 aliphatic rings. The van der Waals surface area contributed by atoms with Gasteiger partial charge < -0.3 is 15.5 Å². The van der Waals surface area contributed by atoms with Crippen molar-refractivity contribution in [3.05, 3.63) is 87.9 Å². The predicted octanol–water partition coefficient (Wildman–Crippen LogP) is 2.64. The molecule has 0 radical (unpaired) electrons. The number of likely N-dealkylation sites (tertiary alicyclic amines) is 1. The molecule has 10 heteroatoms. The topological polar surface area (TPSA) is 113 Å². The van der Waals surface area contributed by atoms with E-state index in [0.29, 0.717) is 35.2 Å². The average molecular weight is 494 g/mol. The highest BCUT2D eigenvalue weighted by atomic mass is 35.5. The molecule has 1 unspecified atom stereocenters. The van der Waals surface area contributed by atoms with Gasteiger partial charge in [-0.15, -0.1) is 0 Å². The van der Waals surface area contributed by atoms with Crippen molar-refractivity contribution in [2.75, 3.05) is 18.4 Å². The Morgan fingerprint density at radius 1 is 1.00 bits per heavy atom. The van der Waals surface area contributed by atoms with Crippen molar-refractivity contribution in [1.82, 2.24) is 19.8 Å². The number of anilines is 1. The highest BCUT2D eigenvalue weighted by molar-refractivity contribution is 6.30. The van der Waals surface area contributed by atoms with Crippen molar-refractivity contribution in [2.24, 2.45) is 0 Å². The Kier molecular flexibility index (Phi) is 7.57. The Hall–Kier alpha value is -3.98. The number of rotatable bonds is 7. The summed E-state index contributed by atoms with van der Waals surface area (Å²) in [5, 5.41) is 5.76. The number of benzene rings is 1. The number of hydrogen-bond donors (Lipinski definition) is 2. The van der Waals surface area contributed by atoms with Crippen molar-refractivity contribution < 1.29 is 14.4 Å². The lowest BCUT2D eigenvalue weighted by atomic mass is 10.1. The van der Waals surface area contributed by atoms with Crippen LogP contribution >= 0.6 is 11.6 Å². The van der Waals surface area contributed by atoms with Crippen LogP contribution in [0.5, 0.6) is 0 Å². The third-order valence-corrected chi connectivity index (χ3v) is 5.86. The molecule has 1 fully saturated rings. The summed E-state index contributed by atoms with van der Waals surface area (Å²) < 4.78 is 1.45. The minimum atomic E-state index is -1.04. The molecule has 35 heavy (non-hydrogen) atoms. The molecule has 0 saturated carbocycles. The first-order valence-electron chi connectivity index (χ1n) is 11.2. The van der Waals surface area contributed by atoms with E-state index in [4.69, 9.17) is 11.6 Å². The van der Waals surface area contributed by atoms with Gasteiger partial charge in [0, 0.05) is 42.8 Å². The number of pyridine rings is 2. The summed E-state index contributed by atoms with van der Waals surface area (Å²) in [5.74, 6) is -0.962. The van der Waals surface area contributed by atoms with Crippen LogP contribution in [0.3, 0.4) is 0 Å². The van der Waals surface area contributed by atoms with E-state index in [1.54, 1.807) is 59.6 Å². The van der Waals surface area contributed by atoms with Crippen molar-refractivity contribution in [2.45, 2.75) is 25.3 Å². The third-order valence-electron chi connectivity index (χ3n) is 5.64. The summed E-state index contributed by atoms with van der Waals surface area (Å²) in [6.07, 6.45) is 4.55. The average Bonchev–Trinajstić information content (AvgIpc) is 3.40. The Morgan fingerprint density at radius 3 is 2.40 bits per heavy atom. The molecule has 9 nitrogen and oxygen atoms in total. The maximum absolute atomic E-state index is 13.1. The number of nitrogens with one attached hydrogen (secondary N) is 2. The minimum Gasteiger partial charge on any atom is -0.341 e. The van der Waals surface area contributed by atoms with Gasteiger partial charge in [0.15, 0.2) is 0 Å². The summed E-state index contributed by atoms with van der Waals surface area (Å²) in [6.45, 7) is 1.18. The number of hydrogen-bond acceptors (Lipinski definition) is 5. The molecule has 0 aliphatic carbocycles. The number of carbonyl (C=O) groups is 3. The largest absolute Gasteiger partial charge is 0.341 e. The Bertz CT molecular complexity index is 1270. The first-order valence-corrected chi connectivity index (χ1v) is 11.6. The van der Waals surface area contributed by atoms with Crippen LogP contribution < -0.4 is 16.2 Å². The van der Waals surface area contributed by atoms with E-state index in [1.807, 2.05) is 0 Å². The number of amides is 3. The standard InChI is InChI=1S/C25H24ClN5O4/c26-18-8-11-21(27-16-18)29-22(32)15-20(25(35)30-12-3-4-13-30)28-24(34)17-6-9-19(10-7-17)31-14-2-1-5-23(31)33/h1-2,5-11,14,16,20H,3-4,12-13,15H2,(H,28,34)(H,27,29,32). The summed E-state index contributed by atoms with van der Waals surface area (Å²) >= 11 is 5.82. The van der Waals surface area contributed by atoms with Gasteiger partial charge in [0.25, 0.3) is 11.5 Å². The van der Waals surface area contributed by atoms with Crippen LogP contribution in [0, 0.1) is 0 Å². The van der Waals surface area contributed by atoms with E-state index < -0.39 is 17.9 Å². The van der Waals surface area contributed by atoms with Crippen LogP contribution in [0.25, 0.3) is 5.69 Å². The van der Waals surface area contributed by atoms with Gasteiger partial charge in [-0.25, -0.2) is 4.98 Å². The van der Waals surface area contributed by atoms with Gasteiger partial charge in [-0.2, -0.15) is 0 Å². The maximum Gasteiger partial charge on any atom is 0.255 e. The monoisotopic (exact) mass is 493 g/mol. The van der Waals surface area contributed by atoms with E-state index >= 15 is 0 Å². The van der Waals surface area contributed by atoms with Gasteiger partial charge in [0.05, 0.1) is 11.4 Å². The van der Waals surface area contributed by atoms with Gasteiger partial charge in [-0.05, 0) is 55.3 Å². The van der Waals surface area contributed by atoms with Gasteiger partial charge in [0.1, 0.15) is 11.9 Å². The highest BCUT2D eigenvalue weighted by Gasteiger charge is 2.30. The van der Waals surface area contributed by atoms with E-state index in [-0.39, 0.29) is 17.9 Å². The second kappa shape index (κ2) is 11.0. The zero-order valence-corrected chi connectivity index (χ0v) is 19.6. The molecular weight excluding hydrogens is 470 g/mol. The summed E-state index contributed by atoms with van der Waals surface area (Å²) in [4.78, 5) is 56.4. The lowest BCUT2D eigenvalue weighted by molar-refractivity contribution is -0.134. The number of nitrogens with zero attached hydrogens (tertiary/aromatic N) is 3. The Morgan fingerprint density at radius 2 is 1.74 bits per heavy atom. The third kappa shape index (κ3) is 6.13. The van der Waals surface area contributed by atoms with Crippen LogP contribution in [0.4, 0.5) is 5.82 Å². The fraction of sp³-hybridized carbons (Fsp3) is 0.240. The fourth-order valence-electron chi connectivity index (χ4n) is 3.84. The minimum absolute atomic E-state index is 0.192. The van der Waals surface area contributed by atoms with Gasteiger partial charge in [0.2, 0.25) is 11.8 Å². The van der Waals surface area contributed by atoms with Gasteiger partial charge in [-0.1, -0.05) is 17.7 Å². The van der Waals surface area contributed by atoms with Crippen molar-refractivity contribution in [3.8, 4) is 5.69 Å². The SMILES string of the molecule is O=C(CC(NC(=O)c1ccc(-n2ccccc2=O)cc1)C(=O)N1CCCC1)Nc1ccc(Cl)cn1. The Balaban J connectivity index is 1.47. The van der Waals surface area contributed by atoms with Crippen LogP contribution in [0.15, 0.2) is 71.8 Å². The molecule has 1 aliphatic heterocycles. The van der Waals surface area contributed by atoms with Crippen molar-refractivity contribution in [3.63, 3.8) is 0 Å². The highest BCUT2D eigenvalue weighted by Crippen LogP contribution is 2.14. The quantitative estimate of drug-likeness (QED) is 0.525. The number of halogens is 1. The zero-order chi connectivity index (χ0) is 24.8. The van der Waals surface area contributed by atoms with E-state index in [1.165, 1.54) is 16.8 Å². The molecule has 3 amide bonds. The molecule has 3 heterocycles.